The summed E-state index contributed by atoms with van der Waals surface area (Å²) in [7, 11) is 0. The van der Waals surface area contributed by atoms with Crippen molar-refractivity contribution in [1.82, 2.24) is 14.9 Å². The monoisotopic (exact) mass is 414 g/mol. The van der Waals surface area contributed by atoms with Gasteiger partial charge in [-0.2, -0.15) is 0 Å². The molecule has 0 spiro atoms. The molecule has 4 rings (SSSR count). The Morgan fingerprint density at radius 2 is 1.86 bits per heavy atom. The van der Waals surface area contributed by atoms with E-state index in [1.807, 2.05) is 22.8 Å². The summed E-state index contributed by atoms with van der Waals surface area (Å²) >= 11 is 6.33. The molecule has 7 heteroatoms. The van der Waals surface area contributed by atoms with Crippen molar-refractivity contribution in [1.29, 1.82) is 0 Å². The Kier molecular flexibility index (Phi) is 6.04. The van der Waals surface area contributed by atoms with Gasteiger partial charge in [-0.25, -0.2) is 5.84 Å². The van der Waals surface area contributed by atoms with Gasteiger partial charge in [0.2, 0.25) is 0 Å². The number of hydrogen-bond acceptors (Lipinski definition) is 4. The third-order valence-corrected chi connectivity index (χ3v) is 6.22. The van der Waals surface area contributed by atoms with E-state index in [4.69, 9.17) is 17.4 Å². The molecule has 2 heterocycles. The minimum absolute atomic E-state index is 0.107. The summed E-state index contributed by atoms with van der Waals surface area (Å²) in [5.74, 6) is 5.40. The first-order valence-electron chi connectivity index (χ1n) is 10.3. The molecule has 0 atom stereocenters. The summed E-state index contributed by atoms with van der Waals surface area (Å²) in [5, 5.41) is 0.312. The van der Waals surface area contributed by atoms with Gasteiger partial charge in [-0.05, 0) is 80.4 Å². The first-order valence-corrected chi connectivity index (χ1v) is 10.7. The van der Waals surface area contributed by atoms with Crippen molar-refractivity contribution in [2.24, 2.45) is 5.84 Å². The highest BCUT2D eigenvalue weighted by molar-refractivity contribution is 6.30. The first kappa shape index (κ1) is 20.1. The second-order valence-corrected chi connectivity index (χ2v) is 8.44. The summed E-state index contributed by atoms with van der Waals surface area (Å²) in [4.78, 5) is 26.9. The van der Waals surface area contributed by atoms with Crippen LogP contribution in [0.5, 0.6) is 0 Å². The number of nitrogen functional groups attached to an aromatic ring is 1. The zero-order valence-corrected chi connectivity index (χ0v) is 17.3. The number of halogens is 1. The smallest absolute Gasteiger partial charge is 0.269 e. The average molecular weight is 415 g/mol. The topological polar surface area (TPSA) is 80.4 Å². The lowest BCUT2D eigenvalue weighted by Gasteiger charge is -2.22. The van der Waals surface area contributed by atoms with Crippen LogP contribution in [0.2, 0.25) is 5.02 Å². The van der Waals surface area contributed by atoms with Gasteiger partial charge in [-0.3, -0.25) is 19.9 Å². The molecule has 0 bridgehead atoms. The maximum absolute atomic E-state index is 12.9. The van der Waals surface area contributed by atoms with E-state index in [2.05, 4.69) is 10.3 Å². The van der Waals surface area contributed by atoms with Crippen LogP contribution in [0.25, 0.3) is 0 Å². The highest BCUT2D eigenvalue weighted by Gasteiger charge is 2.30. The van der Waals surface area contributed by atoms with E-state index >= 15 is 0 Å². The number of carbonyl (C=O) groups excluding carboxylic acids is 1. The van der Waals surface area contributed by atoms with E-state index < -0.39 is 0 Å². The fourth-order valence-electron chi connectivity index (χ4n) is 4.15. The van der Waals surface area contributed by atoms with E-state index in [1.165, 1.54) is 31.2 Å². The van der Waals surface area contributed by atoms with Crippen LogP contribution in [-0.4, -0.2) is 28.5 Å². The molecule has 1 saturated carbocycles. The summed E-state index contributed by atoms with van der Waals surface area (Å²) in [6.07, 6.45) is 5.49. The lowest BCUT2D eigenvalue weighted by atomic mass is 10.1. The predicted molar refractivity (Wildman–Crippen MR) is 114 cm³/mol. The van der Waals surface area contributed by atoms with Crippen LogP contribution in [0.15, 0.2) is 35.1 Å². The van der Waals surface area contributed by atoms with Crippen molar-refractivity contribution >= 4 is 17.5 Å². The number of nitrogens with one attached hydrogen (secondary N) is 1. The fraction of sp³-hybridized carbons (Fsp3) is 0.455. The molecule has 1 amide bonds. The van der Waals surface area contributed by atoms with Crippen LogP contribution in [0.4, 0.5) is 0 Å². The highest BCUT2D eigenvalue weighted by Crippen LogP contribution is 2.42. The van der Waals surface area contributed by atoms with Crippen LogP contribution < -0.4 is 16.8 Å². The zero-order chi connectivity index (χ0) is 20.4. The minimum Gasteiger partial charge on any atom is -0.309 e. The number of rotatable bonds is 7. The van der Waals surface area contributed by atoms with Crippen LogP contribution in [0.1, 0.15) is 58.8 Å². The number of carbonyl (C=O) groups is 1. The van der Waals surface area contributed by atoms with Gasteiger partial charge in [-0.15, -0.1) is 0 Å². The van der Waals surface area contributed by atoms with Crippen LogP contribution in [-0.2, 0) is 19.5 Å². The Hall–Kier alpha value is -2.15. The normalized spacial score (nSPS) is 16.9. The minimum atomic E-state index is -0.315. The van der Waals surface area contributed by atoms with Crippen molar-refractivity contribution < 1.29 is 4.79 Å². The van der Waals surface area contributed by atoms with Gasteiger partial charge in [0.05, 0.1) is 0 Å². The molecule has 1 aromatic carbocycles. The summed E-state index contributed by atoms with van der Waals surface area (Å²) < 4.78 is 1.88. The number of nitrogens with two attached hydrogens (primary N) is 1. The SMILES string of the molecule is NNC(=O)c1ccc(CCn2c(CN3CCCC3)c(C3CC3)cc(Cl)c2=O)cc1. The van der Waals surface area contributed by atoms with Gasteiger partial charge in [0, 0.05) is 24.3 Å². The van der Waals surface area contributed by atoms with E-state index in [-0.39, 0.29) is 11.5 Å². The molecular weight excluding hydrogens is 388 g/mol. The summed E-state index contributed by atoms with van der Waals surface area (Å²) in [5.41, 5.74) is 5.98. The quantitative estimate of drug-likeness (QED) is 0.414. The molecule has 1 aliphatic carbocycles. The standard InChI is InChI=1S/C22H27ClN4O2/c23-19-13-18(16-7-8-16)20(14-26-10-1-2-11-26)27(22(19)29)12-9-15-3-5-17(6-4-15)21(28)25-24/h3-6,13,16H,1-2,7-12,14,24H2,(H,25,28). The number of aryl methyl sites for hydroxylation is 1. The third-order valence-electron chi connectivity index (χ3n) is 5.95. The van der Waals surface area contributed by atoms with Crippen molar-refractivity contribution in [3.05, 3.63) is 68.1 Å². The Bertz CT molecular complexity index is 945. The fourth-order valence-corrected chi connectivity index (χ4v) is 4.37. The molecule has 2 fully saturated rings. The molecule has 2 aromatic rings. The van der Waals surface area contributed by atoms with E-state index in [0.29, 0.717) is 29.5 Å². The highest BCUT2D eigenvalue weighted by atomic mass is 35.5. The molecule has 3 N–H and O–H groups in total. The second kappa shape index (κ2) is 8.69. The van der Waals surface area contributed by atoms with Gasteiger partial charge < -0.3 is 4.57 Å². The molecule has 0 unspecified atom stereocenters. The van der Waals surface area contributed by atoms with Crippen LogP contribution in [0.3, 0.4) is 0 Å². The largest absolute Gasteiger partial charge is 0.309 e. The molecule has 1 aliphatic heterocycles. The number of amides is 1. The lowest BCUT2D eigenvalue weighted by molar-refractivity contribution is 0.0953. The molecular formula is C22H27ClN4O2. The number of aromatic nitrogens is 1. The number of hydrogen-bond donors (Lipinski definition) is 2. The summed E-state index contributed by atoms with van der Waals surface area (Å²) in [6.45, 7) is 3.57. The Morgan fingerprint density at radius 3 is 2.48 bits per heavy atom. The van der Waals surface area contributed by atoms with Crippen molar-refractivity contribution in [2.75, 3.05) is 13.1 Å². The van der Waals surface area contributed by atoms with E-state index in [1.54, 1.807) is 12.1 Å². The first-order chi connectivity index (χ1) is 14.1. The molecule has 6 nitrogen and oxygen atoms in total. The molecule has 29 heavy (non-hydrogen) atoms. The Morgan fingerprint density at radius 1 is 1.17 bits per heavy atom. The second-order valence-electron chi connectivity index (χ2n) is 8.03. The molecule has 1 saturated heterocycles. The maximum atomic E-state index is 12.9. The lowest BCUT2D eigenvalue weighted by Crippen LogP contribution is -2.31. The maximum Gasteiger partial charge on any atom is 0.269 e. The van der Waals surface area contributed by atoms with Gasteiger partial charge in [0.25, 0.3) is 11.5 Å². The number of pyridine rings is 1. The van der Waals surface area contributed by atoms with E-state index in [9.17, 15) is 9.59 Å². The van der Waals surface area contributed by atoms with Crippen LogP contribution in [0, 0.1) is 0 Å². The number of nitrogens with zero attached hydrogens (tertiary/aromatic N) is 2. The number of likely N-dealkylation sites (tertiary alicyclic amines) is 1. The Labute approximate surface area is 175 Å². The molecule has 0 radical (unpaired) electrons. The summed E-state index contributed by atoms with van der Waals surface area (Å²) in [6, 6.07) is 9.21. The van der Waals surface area contributed by atoms with Crippen molar-refractivity contribution in [3.8, 4) is 0 Å². The molecule has 1 aromatic heterocycles. The number of hydrazine groups is 1. The molecule has 154 valence electrons. The Balaban J connectivity index is 1.59. The number of benzene rings is 1. The zero-order valence-electron chi connectivity index (χ0n) is 16.5. The molecule has 2 aliphatic rings. The van der Waals surface area contributed by atoms with Gasteiger partial charge in [0.1, 0.15) is 5.02 Å². The van der Waals surface area contributed by atoms with Gasteiger partial charge >= 0.3 is 0 Å². The predicted octanol–water partition coefficient (Wildman–Crippen LogP) is 2.82. The van der Waals surface area contributed by atoms with Crippen molar-refractivity contribution in [3.63, 3.8) is 0 Å². The third kappa shape index (κ3) is 4.55. The van der Waals surface area contributed by atoms with Crippen LogP contribution >= 0.6 is 11.6 Å². The van der Waals surface area contributed by atoms with Gasteiger partial charge in [0.15, 0.2) is 0 Å². The van der Waals surface area contributed by atoms with E-state index in [0.717, 1.165) is 30.9 Å². The average Bonchev–Trinajstić information content (AvgIpc) is 3.46. The van der Waals surface area contributed by atoms with Gasteiger partial charge in [-0.1, -0.05) is 23.7 Å². The van der Waals surface area contributed by atoms with Crippen molar-refractivity contribution in [2.45, 2.75) is 51.1 Å².